The molecule has 5 nitrogen and oxygen atoms in total. The normalized spacial score (nSPS) is 30.9. The first kappa shape index (κ1) is 20.0. The van der Waals surface area contributed by atoms with Gasteiger partial charge in [0.05, 0.1) is 18.8 Å². The van der Waals surface area contributed by atoms with Crippen LogP contribution in [0.3, 0.4) is 0 Å². The maximum Gasteiger partial charge on any atom is 0.191 e. The van der Waals surface area contributed by atoms with E-state index in [1.165, 1.54) is 12.8 Å². The van der Waals surface area contributed by atoms with Crippen LogP contribution < -0.4 is 10.6 Å². The van der Waals surface area contributed by atoms with Crippen LogP contribution in [0.2, 0.25) is 0 Å². The van der Waals surface area contributed by atoms with Crippen molar-refractivity contribution in [2.45, 2.75) is 64.7 Å². The van der Waals surface area contributed by atoms with E-state index in [1.54, 1.807) is 7.11 Å². The van der Waals surface area contributed by atoms with Crippen LogP contribution in [0.25, 0.3) is 0 Å². The van der Waals surface area contributed by atoms with Gasteiger partial charge in [-0.25, -0.2) is 0 Å². The summed E-state index contributed by atoms with van der Waals surface area (Å²) in [7, 11) is 1.79. The third-order valence-corrected chi connectivity index (χ3v) is 4.84. The smallest absolute Gasteiger partial charge is 0.191 e. The first-order chi connectivity index (χ1) is 10.1. The van der Waals surface area contributed by atoms with Gasteiger partial charge in [0.2, 0.25) is 0 Å². The monoisotopic (exact) mass is 425 g/mol. The summed E-state index contributed by atoms with van der Waals surface area (Å²) >= 11 is 0. The standard InChI is InChI=1S/C16H31N3O2.HI/c1-5-17-15(18-11-12-8-6-7-9-21-12)19-13-10-14(20-4)16(13,2)3;/h12-14H,5-11H2,1-4H3,(H2,17,18,19);1H. The van der Waals surface area contributed by atoms with E-state index in [1.807, 2.05) is 0 Å². The van der Waals surface area contributed by atoms with Gasteiger partial charge in [-0.15, -0.1) is 24.0 Å². The molecule has 0 amide bonds. The number of hydrogen-bond acceptors (Lipinski definition) is 3. The van der Waals surface area contributed by atoms with Gasteiger partial charge in [0.15, 0.2) is 5.96 Å². The molecule has 0 aromatic heterocycles. The number of ether oxygens (including phenoxy) is 2. The van der Waals surface area contributed by atoms with Crippen molar-refractivity contribution in [1.29, 1.82) is 0 Å². The molecule has 3 atom stereocenters. The molecule has 1 aliphatic heterocycles. The van der Waals surface area contributed by atoms with Crippen molar-refractivity contribution < 1.29 is 9.47 Å². The van der Waals surface area contributed by atoms with E-state index in [0.717, 1.165) is 38.5 Å². The summed E-state index contributed by atoms with van der Waals surface area (Å²) in [6.07, 6.45) is 5.23. The number of aliphatic imine (C=N–C) groups is 1. The third kappa shape index (κ3) is 4.96. The van der Waals surface area contributed by atoms with Crippen LogP contribution in [-0.4, -0.2) is 51.0 Å². The Labute approximate surface area is 152 Å². The van der Waals surface area contributed by atoms with Gasteiger partial charge in [-0.05, 0) is 32.6 Å². The average Bonchev–Trinajstić information content (AvgIpc) is 2.49. The number of rotatable bonds is 5. The van der Waals surface area contributed by atoms with Gasteiger partial charge in [-0.1, -0.05) is 13.8 Å². The highest BCUT2D eigenvalue weighted by atomic mass is 127. The molecule has 1 saturated carbocycles. The Hall–Kier alpha value is -0.0800. The summed E-state index contributed by atoms with van der Waals surface area (Å²) < 4.78 is 11.3. The molecule has 6 heteroatoms. The largest absolute Gasteiger partial charge is 0.381 e. The molecule has 2 N–H and O–H groups in total. The Kier molecular flexibility index (Phi) is 8.42. The maximum atomic E-state index is 5.74. The summed E-state index contributed by atoms with van der Waals surface area (Å²) in [6, 6.07) is 0.410. The quantitative estimate of drug-likeness (QED) is 0.404. The van der Waals surface area contributed by atoms with Crippen LogP contribution in [0.5, 0.6) is 0 Å². The second-order valence-electron chi connectivity index (χ2n) is 6.69. The molecule has 0 aromatic rings. The highest BCUT2D eigenvalue weighted by Crippen LogP contribution is 2.42. The van der Waals surface area contributed by atoms with Crippen LogP contribution in [0, 0.1) is 5.41 Å². The molecule has 0 radical (unpaired) electrons. The molecule has 1 heterocycles. The van der Waals surface area contributed by atoms with Crippen LogP contribution in [-0.2, 0) is 9.47 Å². The van der Waals surface area contributed by atoms with E-state index in [2.05, 4.69) is 31.4 Å². The zero-order valence-electron chi connectivity index (χ0n) is 14.4. The Morgan fingerprint density at radius 2 is 2.14 bits per heavy atom. The highest BCUT2D eigenvalue weighted by molar-refractivity contribution is 14.0. The van der Waals surface area contributed by atoms with Crippen molar-refractivity contribution in [1.82, 2.24) is 10.6 Å². The van der Waals surface area contributed by atoms with E-state index in [0.29, 0.717) is 12.1 Å². The average molecular weight is 425 g/mol. The molecule has 0 bridgehead atoms. The lowest BCUT2D eigenvalue weighted by molar-refractivity contribution is -0.0922. The van der Waals surface area contributed by atoms with Gasteiger partial charge in [-0.2, -0.15) is 0 Å². The van der Waals surface area contributed by atoms with E-state index < -0.39 is 0 Å². The van der Waals surface area contributed by atoms with Crippen LogP contribution in [0.1, 0.15) is 46.5 Å². The first-order valence-corrected chi connectivity index (χ1v) is 8.27. The Bertz CT molecular complexity index is 357. The third-order valence-electron chi connectivity index (χ3n) is 4.84. The topological polar surface area (TPSA) is 54.9 Å². The van der Waals surface area contributed by atoms with Crippen molar-refractivity contribution in [3.63, 3.8) is 0 Å². The molecule has 22 heavy (non-hydrogen) atoms. The fraction of sp³-hybridized carbons (Fsp3) is 0.938. The summed E-state index contributed by atoms with van der Waals surface area (Å²) in [6.45, 7) is 9.09. The molecular formula is C16H32IN3O2. The zero-order chi connectivity index (χ0) is 15.3. The fourth-order valence-electron chi connectivity index (χ4n) is 3.16. The van der Waals surface area contributed by atoms with Crippen LogP contribution >= 0.6 is 24.0 Å². The van der Waals surface area contributed by atoms with Gasteiger partial charge in [0.25, 0.3) is 0 Å². The van der Waals surface area contributed by atoms with Gasteiger partial charge in [0, 0.05) is 31.7 Å². The first-order valence-electron chi connectivity index (χ1n) is 8.27. The van der Waals surface area contributed by atoms with Gasteiger partial charge in [-0.3, -0.25) is 4.99 Å². The van der Waals surface area contributed by atoms with Crippen molar-refractivity contribution in [2.75, 3.05) is 26.8 Å². The minimum atomic E-state index is 0. The lowest BCUT2D eigenvalue weighted by Crippen LogP contribution is -2.63. The summed E-state index contributed by atoms with van der Waals surface area (Å²) in [5, 5.41) is 6.89. The molecule has 2 aliphatic rings. The Balaban J connectivity index is 0.00000242. The number of guanidine groups is 1. The minimum absolute atomic E-state index is 0. The van der Waals surface area contributed by atoms with Gasteiger partial charge >= 0.3 is 0 Å². The molecule has 1 aliphatic carbocycles. The zero-order valence-corrected chi connectivity index (χ0v) is 16.7. The van der Waals surface area contributed by atoms with Gasteiger partial charge in [0.1, 0.15) is 0 Å². The van der Waals surface area contributed by atoms with Crippen molar-refractivity contribution in [3.8, 4) is 0 Å². The molecule has 0 aromatic carbocycles. The fourth-order valence-corrected chi connectivity index (χ4v) is 3.16. The molecule has 2 rings (SSSR count). The minimum Gasteiger partial charge on any atom is -0.381 e. The van der Waals surface area contributed by atoms with Crippen molar-refractivity contribution in [3.05, 3.63) is 0 Å². The van der Waals surface area contributed by atoms with Crippen LogP contribution in [0.15, 0.2) is 4.99 Å². The Morgan fingerprint density at radius 1 is 1.36 bits per heavy atom. The number of halogens is 1. The summed E-state index contributed by atoms with van der Waals surface area (Å²) in [5.74, 6) is 0.902. The predicted octanol–water partition coefficient (Wildman–Crippen LogP) is 2.54. The number of nitrogens with one attached hydrogen (secondary N) is 2. The number of methoxy groups -OCH3 is 1. The highest BCUT2D eigenvalue weighted by Gasteiger charge is 2.48. The molecule has 0 spiro atoms. The van der Waals surface area contributed by atoms with Crippen LogP contribution in [0.4, 0.5) is 0 Å². The Morgan fingerprint density at radius 3 is 2.68 bits per heavy atom. The molecule has 3 unspecified atom stereocenters. The summed E-state index contributed by atoms with van der Waals surface area (Å²) in [5.41, 5.74) is 0.145. The molecular weight excluding hydrogens is 393 g/mol. The summed E-state index contributed by atoms with van der Waals surface area (Å²) in [4.78, 5) is 4.70. The number of hydrogen-bond donors (Lipinski definition) is 2. The lowest BCUT2D eigenvalue weighted by Gasteiger charge is -2.51. The van der Waals surface area contributed by atoms with E-state index in [4.69, 9.17) is 14.5 Å². The SMILES string of the molecule is CCNC(=NCC1CCCCO1)NC1CC(OC)C1(C)C.I. The van der Waals surface area contributed by atoms with Gasteiger partial charge < -0.3 is 20.1 Å². The second-order valence-corrected chi connectivity index (χ2v) is 6.69. The van der Waals surface area contributed by atoms with E-state index in [9.17, 15) is 0 Å². The second kappa shape index (κ2) is 9.27. The van der Waals surface area contributed by atoms with E-state index in [-0.39, 0.29) is 35.5 Å². The number of nitrogens with zero attached hydrogens (tertiary/aromatic N) is 1. The lowest BCUT2D eigenvalue weighted by atomic mass is 9.64. The maximum absolute atomic E-state index is 5.74. The molecule has 1 saturated heterocycles. The predicted molar refractivity (Wildman–Crippen MR) is 101 cm³/mol. The molecule has 2 fully saturated rings. The van der Waals surface area contributed by atoms with Crippen molar-refractivity contribution in [2.24, 2.45) is 10.4 Å². The molecule has 130 valence electrons. The van der Waals surface area contributed by atoms with Crippen molar-refractivity contribution >= 4 is 29.9 Å². The van der Waals surface area contributed by atoms with E-state index >= 15 is 0 Å².